The molecule has 2 atom stereocenters. The Morgan fingerprint density at radius 3 is 2.44 bits per heavy atom. The topological polar surface area (TPSA) is 98.7 Å². The van der Waals surface area contributed by atoms with E-state index in [0.29, 0.717) is 35.3 Å². The van der Waals surface area contributed by atoms with Gasteiger partial charge in [-0.15, -0.1) is 0 Å². The van der Waals surface area contributed by atoms with Crippen molar-refractivity contribution in [1.82, 2.24) is 0 Å². The SMILES string of the molecule is NC(=O)c1ccc(-c2ccc(N3CC4(C[C@@H]4N)OC3=O)cc2F)cc1. The van der Waals surface area contributed by atoms with E-state index in [-0.39, 0.29) is 6.04 Å². The molecule has 4 N–H and O–H groups in total. The predicted molar refractivity (Wildman–Crippen MR) is 89.5 cm³/mol. The van der Waals surface area contributed by atoms with Crippen LogP contribution in [0.4, 0.5) is 14.9 Å². The third-order valence-corrected chi connectivity index (χ3v) is 4.76. The average Bonchev–Trinajstić information content (AvgIpc) is 3.06. The number of ether oxygens (including phenoxy) is 1. The third kappa shape index (κ3) is 2.53. The van der Waals surface area contributed by atoms with Crippen LogP contribution in [0.2, 0.25) is 0 Å². The van der Waals surface area contributed by atoms with Gasteiger partial charge in [-0.1, -0.05) is 12.1 Å². The van der Waals surface area contributed by atoms with Crippen molar-refractivity contribution in [2.45, 2.75) is 18.1 Å². The molecule has 1 saturated heterocycles. The molecule has 2 fully saturated rings. The summed E-state index contributed by atoms with van der Waals surface area (Å²) < 4.78 is 19.9. The monoisotopic (exact) mass is 341 g/mol. The molecule has 7 heteroatoms. The second kappa shape index (κ2) is 5.29. The summed E-state index contributed by atoms with van der Waals surface area (Å²) in [5.41, 5.74) is 12.2. The largest absolute Gasteiger partial charge is 0.439 e. The Morgan fingerprint density at radius 2 is 1.92 bits per heavy atom. The Bertz CT molecular complexity index is 884. The fraction of sp³-hybridized carbons (Fsp3) is 0.222. The van der Waals surface area contributed by atoms with Crippen LogP contribution in [-0.2, 0) is 4.74 Å². The van der Waals surface area contributed by atoms with E-state index in [0.717, 1.165) is 0 Å². The lowest BCUT2D eigenvalue weighted by Gasteiger charge is -2.14. The summed E-state index contributed by atoms with van der Waals surface area (Å²) in [6.07, 6.45) is 0.119. The summed E-state index contributed by atoms with van der Waals surface area (Å²) in [4.78, 5) is 24.5. The van der Waals surface area contributed by atoms with Gasteiger partial charge < -0.3 is 16.2 Å². The number of benzene rings is 2. The van der Waals surface area contributed by atoms with Gasteiger partial charge in [-0.05, 0) is 35.9 Å². The quantitative estimate of drug-likeness (QED) is 0.892. The number of primary amides is 1. The Labute approximate surface area is 143 Å². The summed E-state index contributed by atoms with van der Waals surface area (Å²) in [7, 11) is 0. The van der Waals surface area contributed by atoms with E-state index < -0.39 is 23.4 Å². The molecule has 0 aromatic heterocycles. The number of rotatable bonds is 3. The minimum absolute atomic E-state index is 0.158. The van der Waals surface area contributed by atoms with Gasteiger partial charge in [0.1, 0.15) is 11.4 Å². The Morgan fingerprint density at radius 1 is 1.24 bits per heavy atom. The molecule has 1 aliphatic carbocycles. The highest BCUT2D eigenvalue weighted by atomic mass is 19.1. The number of amides is 2. The van der Waals surface area contributed by atoms with Crippen LogP contribution in [0.5, 0.6) is 0 Å². The smallest absolute Gasteiger partial charge is 0.415 e. The van der Waals surface area contributed by atoms with E-state index in [4.69, 9.17) is 16.2 Å². The van der Waals surface area contributed by atoms with Gasteiger partial charge >= 0.3 is 6.09 Å². The Hall–Kier alpha value is -2.93. The highest BCUT2D eigenvalue weighted by Gasteiger charge is 2.62. The van der Waals surface area contributed by atoms with Crippen molar-refractivity contribution in [3.63, 3.8) is 0 Å². The van der Waals surface area contributed by atoms with Crippen LogP contribution in [0.3, 0.4) is 0 Å². The van der Waals surface area contributed by atoms with Crippen molar-refractivity contribution in [3.8, 4) is 11.1 Å². The first-order chi connectivity index (χ1) is 11.9. The standard InChI is InChI=1S/C18H16FN3O3/c19-14-7-12(22-9-18(8-15(18)20)25-17(22)24)5-6-13(14)10-1-3-11(4-2-10)16(21)23/h1-7,15H,8-9,20H2,(H2,21,23)/t15-,18?/m0/s1. The molecule has 1 spiro atoms. The summed E-state index contributed by atoms with van der Waals surface area (Å²) in [6.45, 7) is 0.332. The molecule has 1 unspecified atom stereocenters. The zero-order chi connectivity index (χ0) is 17.8. The van der Waals surface area contributed by atoms with Gasteiger partial charge in [0, 0.05) is 17.5 Å². The zero-order valence-electron chi connectivity index (χ0n) is 13.2. The minimum atomic E-state index is -0.614. The molecule has 2 aliphatic rings. The number of carbonyl (C=O) groups is 2. The molecule has 2 aromatic rings. The lowest BCUT2D eigenvalue weighted by molar-refractivity contribution is 0.1000. The zero-order valence-corrected chi connectivity index (χ0v) is 13.2. The molecule has 25 heavy (non-hydrogen) atoms. The lowest BCUT2D eigenvalue weighted by atomic mass is 10.0. The normalized spacial score (nSPS) is 24.5. The highest BCUT2D eigenvalue weighted by Crippen LogP contribution is 2.45. The van der Waals surface area contributed by atoms with Gasteiger partial charge in [0.25, 0.3) is 0 Å². The molecule has 0 radical (unpaired) electrons. The maximum Gasteiger partial charge on any atom is 0.415 e. The second-order valence-corrected chi connectivity index (χ2v) is 6.44. The molecular weight excluding hydrogens is 325 g/mol. The van der Waals surface area contributed by atoms with E-state index >= 15 is 0 Å². The summed E-state index contributed by atoms with van der Waals surface area (Å²) >= 11 is 0. The Balaban J connectivity index is 1.61. The number of nitrogens with two attached hydrogens (primary N) is 2. The first-order valence-electron chi connectivity index (χ1n) is 7.85. The molecule has 2 aromatic carbocycles. The third-order valence-electron chi connectivity index (χ3n) is 4.76. The molecule has 128 valence electrons. The van der Waals surface area contributed by atoms with Crippen molar-refractivity contribution in [2.75, 3.05) is 11.4 Å². The predicted octanol–water partition coefficient (Wildman–Crippen LogP) is 2.02. The molecule has 1 heterocycles. The van der Waals surface area contributed by atoms with E-state index in [1.165, 1.54) is 11.0 Å². The number of hydrogen-bond donors (Lipinski definition) is 2. The summed E-state index contributed by atoms with van der Waals surface area (Å²) in [5.74, 6) is -1.01. The molecule has 1 aliphatic heterocycles. The molecule has 6 nitrogen and oxygen atoms in total. The van der Waals surface area contributed by atoms with Crippen molar-refractivity contribution in [2.24, 2.45) is 11.5 Å². The Kier molecular flexibility index (Phi) is 3.30. The fourth-order valence-electron chi connectivity index (χ4n) is 3.12. The summed E-state index contributed by atoms with van der Waals surface area (Å²) in [5, 5.41) is 0. The minimum Gasteiger partial charge on any atom is -0.439 e. The van der Waals surface area contributed by atoms with Crippen molar-refractivity contribution >= 4 is 17.7 Å². The van der Waals surface area contributed by atoms with Crippen LogP contribution in [0.1, 0.15) is 16.8 Å². The highest BCUT2D eigenvalue weighted by molar-refractivity contribution is 5.93. The number of hydrogen-bond acceptors (Lipinski definition) is 4. The number of halogens is 1. The van der Waals surface area contributed by atoms with E-state index in [1.807, 2.05) is 0 Å². The molecule has 2 amide bonds. The van der Waals surface area contributed by atoms with Gasteiger partial charge in [0.15, 0.2) is 0 Å². The van der Waals surface area contributed by atoms with Crippen molar-refractivity contribution in [3.05, 3.63) is 53.8 Å². The van der Waals surface area contributed by atoms with Crippen LogP contribution in [0.25, 0.3) is 11.1 Å². The van der Waals surface area contributed by atoms with Crippen LogP contribution < -0.4 is 16.4 Å². The van der Waals surface area contributed by atoms with E-state index in [9.17, 15) is 14.0 Å². The first-order valence-corrected chi connectivity index (χ1v) is 7.85. The number of anilines is 1. The van der Waals surface area contributed by atoms with Crippen LogP contribution in [-0.4, -0.2) is 30.2 Å². The fourth-order valence-corrected chi connectivity index (χ4v) is 3.12. The summed E-state index contributed by atoms with van der Waals surface area (Å²) in [6, 6.07) is 10.7. The second-order valence-electron chi connectivity index (χ2n) is 6.44. The average molecular weight is 341 g/mol. The molecular formula is C18H16FN3O3. The van der Waals surface area contributed by atoms with Crippen LogP contribution in [0.15, 0.2) is 42.5 Å². The maximum absolute atomic E-state index is 14.6. The van der Waals surface area contributed by atoms with Crippen LogP contribution in [0, 0.1) is 5.82 Å². The molecule has 4 rings (SSSR count). The van der Waals surface area contributed by atoms with Crippen molar-refractivity contribution in [1.29, 1.82) is 0 Å². The lowest BCUT2D eigenvalue weighted by Crippen LogP contribution is -2.28. The number of carbonyl (C=O) groups excluding carboxylic acids is 2. The number of nitrogens with zero attached hydrogens (tertiary/aromatic N) is 1. The van der Waals surface area contributed by atoms with Crippen molar-refractivity contribution < 1.29 is 18.7 Å². The van der Waals surface area contributed by atoms with E-state index in [2.05, 4.69) is 0 Å². The van der Waals surface area contributed by atoms with Gasteiger partial charge in [-0.25, -0.2) is 9.18 Å². The molecule has 1 saturated carbocycles. The first kappa shape index (κ1) is 15.6. The van der Waals surface area contributed by atoms with Gasteiger partial charge in [-0.2, -0.15) is 0 Å². The van der Waals surface area contributed by atoms with Gasteiger partial charge in [0.05, 0.1) is 18.3 Å². The van der Waals surface area contributed by atoms with Gasteiger partial charge in [-0.3, -0.25) is 9.69 Å². The van der Waals surface area contributed by atoms with Gasteiger partial charge in [0.2, 0.25) is 5.91 Å². The maximum atomic E-state index is 14.6. The molecule has 0 bridgehead atoms. The van der Waals surface area contributed by atoms with E-state index in [1.54, 1.807) is 36.4 Å². The van der Waals surface area contributed by atoms with Crippen LogP contribution >= 0.6 is 0 Å².